The van der Waals surface area contributed by atoms with E-state index in [4.69, 9.17) is 31.0 Å². The van der Waals surface area contributed by atoms with Crippen LogP contribution in [0.2, 0.25) is 5.02 Å². The van der Waals surface area contributed by atoms with Crippen LogP contribution in [-0.2, 0) is 0 Å². The maximum absolute atomic E-state index is 14.6. The second kappa shape index (κ2) is 10.6. The lowest BCUT2D eigenvalue weighted by molar-refractivity contribution is 0.107. The summed E-state index contributed by atoms with van der Waals surface area (Å²) in [4.78, 5) is 14.7. The summed E-state index contributed by atoms with van der Waals surface area (Å²) in [5, 5.41) is 17.7. The summed E-state index contributed by atoms with van der Waals surface area (Å²) in [6, 6.07) is 14.5. The molecule has 5 aliphatic rings. The number of aromatic nitrogens is 2. The van der Waals surface area contributed by atoms with Crippen molar-refractivity contribution >= 4 is 39.1 Å². The number of hydrogen-bond acceptors (Lipinski definition) is 8. The summed E-state index contributed by atoms with van der Waals surface area (Å²) < 4.78 is 27.8. The van der Waals surface area contributed by atoms with Crippen molar-refractivity contribution in [2.24, 2.45) is 0 Å². The Morgan fingerprint density at radius 2 is 1.84 bits per heavy atom. The third-order valence-electron chi connectivity index (χ3n) is 10.5. The number of rotatable bonds is 7. The maximum Gasteiger partial charge on any atom is 0.319 e. The highest BCUT2D eigenvalue weighted by molar-refractivity contribution is 6.35. The van der Waals surface area contributed by atoms with Gasteiger partial charge in [-0.2, -0.15) is 9.97 Å². The molecule has 0 unspecified atom stereocenters. The van der Waals surface area contributed by atoms with Gasteiger partial charge in [0.25, 0.3) is 0 Å². The number of phenolic OH excluding ortho intramolecular Hbond substituents is 1. The number of benzene rings is 3. The first-order chi connectivity index (χ1) is 21.9. The highest BCUT2D eigenvalue weighted by atomic mass is 35.5. The van der Waals surface area contributed by atoms with E-state index in [1.807, 2.05) is 30.3 Å². The summed E-state index contributed by atoms with van der Waals surface area (Å²) in [7, 11) is 0. The predicted molar refractivity (Wildman–Crippen MR) is 174 cm³/mol. The highest BCUT2D eigenvalue weighted by Crippen LogP contribution is 2.49. The maximum atomic E-state index is 14.6. The monoisotopic (exact) mass is 629 g/mol. The average molecular weight is 630 g/mol. The van der Waals surface area contributed by atoms with Gasteiger partial charge in [0.15, 0.2) is 5.75 Å². The van der Waals surface area contributed by atoms with Crippen LogP contribution in [0, 0.1) is 0 Å². The molecule has 0 spiro atoms. The Bertz CT molecular complexity index is 1810. The number of nitrogens with zero attached hydrogens (tertiary/aromatic N) is 4. The van der Waals surface area contributed by atoms with Crippen LogP contribution in [0.3, 0.4) is 0 Å². The van der Waals surface area contributed by atoms with E-state index in [2.05, 4.69) is 15.1 Å². The van der Waals surface area contributed by atoms with E-state index in [-0.39, 0.29) is 23.4 Å². The van der Waals surface area contributed by atoms with Crippen LogP contribution in [0.15, 0.2) is 42.5 Å². The van der Waals surface area contributed by atoms with Crippen LogP contribution >= 0.6 is 11.6 Å². The molecule has 45 heavy (non-hydrogen) atoms. The molecule has 234 valence electrons. The zero-order valence-corrected chi connectivity index (χ0v) is 25.9. The van der Waals surface area contributed by atoms with E-state index in [1.165, 1.54) is 0 Å². The van der Waals surface area contributed by atoms with Crippen molar-refractivity contribution < 1.29 is 19.0 Å². The molecule has 8 nitrogen and oxygen atoms in total. The fourth-order valence-corrected chi connectivity index (χ4v) is 8.61. The fraction of sp³-hybridized carbons (Fsp3) is 0.486. The van der Waals surface area contributed by atoms with Crippen LogP contribution in [0.25, 0.3) is 32.8 Å². The number of phenols is 1. The SMILES string of the molecule is Oc1cc(-c2c(Cl)cc3c(N4C[C@H]5CC[C@@H](C4)N5)nc(OC[C@@]45CCCN4C[C@H](F)C5)nc3c2OC2CC2)c2ccccc2c1. The molecule has 10 heteroatoms. The molecule has 2 bridgehead atoms. The Balaban J connectivity index is 1.23. The number of ether oxygens (including phenoxy) is 2. The van der Waals surface area contributed by atoms with E-state index < -0.39 is 6.17 Å². The van der Waals surface area contributed by atoms with Crippen molar-refractivity contribution in [1.82, 2.24) is 20.2 Å². The number of nitrogens with one attached hydrogen (secondary N) is 1. The summed E-state index contributed by atoms with van der Waals surface area (Å²) >= 11 is 7.22. The molecule has 2 N–H and O–H groups in total. The molecule has 5 fully saturated rings. The molecule has 1 saturated carbocycles. The van der Waals surface area contributed by atoms with Gasteiger partial charge in [-0.25, -0.2) is 4.39 Å². The number of alkyl halides is 1. The molecule has 4 aliphatic heterocycles. The molecule has 5 heterocycles. The first kappa shape index (κ1) is 27.9. The topological polar surface area (TPSA) is 83.0 Å². The van der Waals surface area contributed by atoms with Crippen LogP contribution in [-0.4, -0.2) is 82.7 Å². The van der Waals surface area contributed by atoms with Gasteiger partial charge in [0.05, 0.1) is 16.7 Å². The number of halogens is 2. The molecular weight excluding hydrogens is 593 g/mol. The largest absolute Gasteiger partial charge is 0.508 e. The Labute approximate surface area is 266 Å². The Hall–Kier alpha value is -3.40. The zero-order valence-electron chi connectivity index (χ0n) is 25.1. The van der Waals surface area contributed by atoms with Crippen molar-refractivity contribution in [2.45, 2.75) is 74.8 Å². The third kappa shape index (κ3) is 4.86. The number of hydrogen-bond donors (Lipinski definition) is 2. The van der Waals surface area contributed by atoms with Crippen LogP contribution in [0.5, 0.6) is 17.5 Å². The Kier molecular flexibility index (Phi) is 6.55. The quantitative estimate of drug-likeness (QED) is 0.248. The van der Waals surface area contributed by atoms with Gasteiger partial charge in [-0.3, -0.25) is 4.90 Å². The molecule has 9 rings (SSSR count). The number of anilines is 1. The molecule has 1 aromatic heterocycles. The second-order valence-corrected chi connectivity index (χ2v) is 14.1. The van der Waals surface area contributed by atoms with Gasteiger partial charge in [-0.15, -0.1) is 0 Å². The summed E-state index contributed by atoms with van der Waals surface area (Å²) in [5.41, 5.74) is 1.83. The smallest absolute Gasteiger partial charge is 0.319 e. The minimum Gasteiger partial charge on any atom is -0.508 e. The van der Waals surface area contributed by atoms with Gasteiger partial charge in [-0.05, 0) is 79.6 Å². The van der Waals surface area contributed by atoms with Gasteiger partial charge in [0.2, 0.25) is 0 Å². The minimum atomic E-state index is -0.835. The van der Waals surface area contributed by atoms with E-state index in [0.717, 1.165) is 85.7 Å². The van der Waals surface area contributed by atoms with Gasteiger partial charge in [0.1, 0.15) is 29.9 Å². The highest BCUT2D eigenvalue weighted by Gasteiger charge is 2.49. The molecular formula is C35H37ClFN5O3. The second-order valence-electron chi connectivity index (χ2n) is 13.7. The number of aromatic hydroxyl groups is 1. The number of fused-ring (bicyclic) bond motifs is 5. The minimum absolute atomic E-state index is 0.0673. The molecule has 1 aliphatic carbocycles. The first-order valence-corrected chi connectivity index (χ1v) is 16.8. The Morgan fingerprint density at radius 1 is 1.02 bits per heavy atom. The first-order valence-electron chi connectivity index (χ1n) is 16.4. The van der Waals surface area contributed by atoms with Crippen LogP contribution in [0.1, 0.15) is 44.9 Å². The lowest BCUT2D eigenvalue weighted by Crippen LogP contribution is -2.51. The molecule has 4 saturated heterocycles. The van der Waals surface area contributed by atoms with E-state index >= 15 is 0 Å². The van der Waals surface area contributed by atoms with Crippen molar-refractivity contribution in [3.05, 3.63) is 47.5 Å². The van der Waals surface area contributed by atoms with Crippen molar-refractivity contribution in [3.63, 3.8) is 0 Å². The fourth-order valence-electron chi connectivity index (χ4n) is 8.31. The third-order valence-corrected chi connectivity index (χ3v) is 10.8. The van der Waals surface area contributed by atoms with Crippen molar-refractivity contribution in [3.8, 4) is 28.6 Å². The van der Waals surface area contributed by atoms with Gasteiger partial charge >= 0.3 is 6.01 Å². The lowest BCUT2D eigenvalue weighted by atomic mass is 9.95. The van der Waals surface area contributed by atoms with E-state index in [9.17, 15) is 9.50 Å². The van der Waals surface area contributed by atoms with Crippen molar-refractivity contribution in [2.75, 3.05) is 37.7 Å². The predicted octanol–water partition coefficient (Wildman–Crippen LogP) is 6.25. The van der Waals surface area contributed by atoms with Gasteiger partial charge < -0.3 is 24.8 Å². The van der Waals surface area contributed by atoms with Crippen LogP contribution < -0.4 is 19.7 Å². The van der Waals surface area contributed by atoms with Crippen LogP contribution in [0.4, 0.5) is 10.2 Å². The van der Waals surface area contributed by atoms with Gasteiger partial charge in [0, 0.05) is 49.1 Å². The van der Waals surface area contributed by atoms with E-state index in [1.54, 1.807) is 12.1 Å². The Morgan fingerprint density at radius 3 is 2.67 bits per heavy atom. The van der Waals surface area contributed by atoms with E-state index in [0.29, 0.717) is 53.5 Å². The molecule has 0 radical (unpaired) electrons. The summed E-state index contributed by atoms with van der Waals surface area (Å²) in [6.07, 6.45) is 5.87. The molecule has 3 aromatic carbocycles. The normalized spacial score (nSPS) is 27.9. The summed E-state index contributed by atoms with van der Waals surface area (Å²) in [6.45, 7) is 3.38. The van der Waals surface area contributed by atoms with Crippen molar-refractivity contribution in [1.29, 1.82) is 0 Å². The standard InChI is InChI=1S/C35H37ClFN5O3/c36-29-14-28-31(32(45-25-8-9-25)30(29)27-13-24(43)12-20-4-1-2-5-26(20)27)39-34(40-33(28)41-17-22-6-7-23(18-41)38-22)44-19-35-10-3-11-42(35)16-21(37)15-35/h1-2,4-5,12-14,21-23,25,38,43H,3,6-11,15-19H2/t21-,22-,23+,35+/m1/s1. The summed E-state index contributed by atoms with van der Waals surface area (Å²) in [5.74, 6) is 1.54. The molecule has 0 amide bonds. The zero-order chi connectivity index (χ0) is 30.3. The number of piperazine rings is 1. The molecule has 4 atom stereocenters. The van der Waals surface area contributed by atoms with Gasteiger partial charge in [-0.1, -0.05) is 35.9 Å². The lowest BCUT2D eigenvalue weighted by Gasteiger charge is -2.35. The average Bonchev–Trinajstić information content (AvgIpc) is 3.56. The molecule has 4 aromatic rings.